The second kappa shape index (κ2) is 12.6. The molecule has 220 valence electrons. The second-order valence-electron chi connectivity index (χ2n) is 10.1. The van der Waals surface area contributed by atoms with E-state index in [2.05, 4.69) is 4.98 Å². The van der Waals surface area contributed by atoms with Crippen LogP contribution in [0.5, 0.6) is 5.75 Å². The van der Waals surface area contributed by atoms with Gasteiger partial charge >= 0.3 is 11.9 Å². The third-order valence-corrected chi connectivity index (χ3v) is 8.44. The summed E-state index contributed by atoms with van der Waals surface area (Å²) in [5.74, 6) is -1.91. The highest BCUT2D eigenvalue weighted by Crippen LogP contribution is 2.44. The van der Waals surface area contributed by atoms with E-state index in [4.69, 9.17) is 9.47 Å². The standard InChI is InChI=1S/C34H32N2O6S/c1-5-22-12-14-24(15-13-22)28-27(30(38)32(39)36(28)34-35-21(4)31(43-34)33(40)41-6-2)29(37)26-17-16-25(18-20(26)3)42-19-23-10-8-7-9-11-23/h7-18,28,37H,5-6,19H2,1-4H3/t28-/m0/s1. The van der Waals surface area contributed by atoms with E-state index in [1.165, 1.54) is 4.90 Å². The molecule has 0 bridgehead atoms. The summed E-state index contributed by atoms with van der Waals surface area (Å²) in [4.78, 5) is 45.8. The number of aliphatic hydroxyl groups is 1. The third kappa shape index (κ3) is 5.94. The van der Waals surface area contributed by atoms with Gasteiger partial charge in [0.1, 0.15) is 23.0 Å². The Morgan fingerprint density at radius 1 is 0.977 bits per heavy atom. The van der Waals surface area contributed by atoms with Crippen molar-refractivity contribution in [3.8, 4) is 5.75 Å². The van der Waals surface area contributed by atoms with Crippen molar-refractivity contribution in [2.45, 2.75) is 46.8 Å². The molecule has 1 fully saturated rings. The average Bonchev–Trinajstić information content (AvgIpc) is 3.52. The minimum Gasteiger partial charge on any atom is -0.507 e. The first kappa shape index (κ1) is 29.7. The zero-order valence-electron chi connectivity index (χ0n) is 24.4. The molecule has 1 N–H and O–H groups in total. The van der Waals surface area contributed by atoms with Gasteiger partial charge < -0.3 is 14.6 Å². The largest absolute Gasteiger partial charge is 0.507 e. The maximum absolute atomic E-state index is 13.6. The molecule has 0 saturated carbocycles. The van der Waals surface area contributed by atoms with E-state index in [-0.39, 0.29) is 27.9 Å². The van der Waals surface area contributed by atoms with Gasteiger partial charge in [0.15, 0.2) is 5.13 Å². The normalized spacial score (nSPS) is 16.0. The van der Waals surface area contributed by atoms with Gasteiger partial charge in [0.25, 0.3) is 5.78 Å². The lowest BCUT2D eigenvalue weighted by molar-refractivity contribution is -0.132. The molecular formula is C34H32N2O6S. The Morgan fingerprint density at radius 3 is 2.35 bits per heavy atom. The van der Waals surface area contributed by atoms with Gasteiger partial charge in [0.05, 0.1) is 23.9 Å². The van der Waals surface area contributed by atoms with Gasteiger partial charge in [0.2, 0.25) is 0 Å². The number of nitrogens with zero attached hydrogens (tertiary/aromatic N) is 2. The van der Waals surface area contributed by atoms with Crippen molar-refractivity contribution in [1.29, 1.82) is 0 Å². The van der Waals surface area contributed by atoms with Crippen LogP contribution < -0.4 is 9.64 Å². The number of amides is 1. The van der Waals surface area contributed by atoms with Crippen molar-refractivity contribution in [2.75, 3.05) is 11.5 Å². The molecular weight excluding hydrogens is 564 g/mol. The summed E-state index contributed by atoms with van der Waals surface area (Å²) in [6.45, 7) is 7.77. The highest BCUT2D eigenvalue weighted by molar-refractivity contribution is 7.17. The van der Waals surface area contributed by atoms with Crippen molar-refractivity contribution < 1.29 is 29.0 Å². The molecule has 1 aliphatic rings. The Labute approximate surface area is 254 Å². The summed E-state index contributed by atoms with van der Waals surface area (Å²) >= 11 is 0.981. The fourth-order valence-electron chi connectivity index (χ4n) is 5.03. The van der Waals surface area contributed by atoms with Crippen LogP contribution in [0.15, 0.2) is 78.4 Å². The number of Topliss-reactive ketones (excluding diaryl/α,β-unsaturated/α-hetero) is 1. The molecule has 0 aliphatic carbocycles. The summed E-state index contributed by atoms with van der Waals surface area (Å²) in [6, 6.07) is 21.5. The molecule has 4 aromatic rings. The minimum absolute atomic E-state index is 0.0548. The number of aromatic nitrogens is 1. The van der Waals surface area contributed by atoms with Crippen LogP contribution in [0.25, 0.3) is 5.76 Å². The molecule has 2 heterocycles. The molecule has 1 aromatic heterocycles. The van der Waals surface area contributed by atoms with Gasteiger partial charge in [-0.3, -0.25) is 14.5 Å². The van der Waals surface area contributed by atoms with E-state index in [0.717, 1.165) is 28.9 Å². The van der Waals surface area contributed by atoms with Crippen molar-refractivity contribution in [1.82, 2.24) is 4.98 Å². The highest BCUT2D eigenvalue weighted by Gasteiger charge is 2.48. The number of ketones is 1. The van der Waals surface area contributed by atoms with Crippen LogP contribution in [0.1, 0.15) is 63.1 Å². The van der Waals surface area contributed by atoms with Gasteiger partial charge in [0, 0.05) is 5.56 Å². The molecule has 0 spiro atoms. The molecule has 0 radical (unpaired) electrons. The zero-order valence-corrected chi connectivity index (χ0v) is 25.2. The summed E-state index contributed by atoms with van der Waals surface area (Å²) in [6.07, 6.45) is 0.812. The highest BCUT2D eigenvalue weighted by atomic mass is 32.1. The number of carbonyl (C=O) groups excluding carboxylic acids is 3. The Morgan fingerprint density at radius 2 is 1.70 bits per heavy atom. The molecule has 5 rings (SSSR count). The van der Waals surface area contributed by atoms with E-state index >= 15 is 0 Å². The maximum atomic E-state index is 13.6. The molecule has 8 nitrogen and oxygen atoms in total. The lowest BCUT2D eigenvalue weighted by Gasteiger charge is -2.23. The van der Waals surface area contributed by atoms with E-state index in [9.17, 15) is 19.5 Å². The van der Waals surface area contributed by atoms with Crippen molar-refractivity contribution in [2.24, 2.45) is 0 Å². The first-order valence-corrected chi connectivity index (χ1v) is 14.9. The lowest BCUT2D eigenvalue weighted by Crippen LogP contribution is -2.29. The number of hydrogen-bond acceptors (Lipinski definition) is 8. The molecule has 43 heavy (non-hydrogen) atoms. The van der Waals surface area contributed by atoms with Gasteiger partial charge in [-0.2, -0.15) is 0 Å². The number of benzene rings is 3. The summed E-state index contributed by atoms with van der Waals surface area (Å²) in [7, 11) is 0. The first-order chi connectivity index (χ1) is 20.7. The second-order valence-corrected chi connectivity index (χ2v) is 11.1. The monoisotopic (exact) mass is 596 g/mol. The maximum Gasteiger partial charge on any atom is 0.350 e. The molecule has 3 aromatic carbocycles. The summed E-state index contributed by atoms with van der Waals surface area (Å²) < 4.78 is 11.1. The molecule has 9 heteroatoms. The number of aryl methyl sites for hydroxylation is 3. The van der Waals surface area contributed by atoms with Crippen molar-refractivity contribution in [3.05, 3.63) is 117 Å². The number of esters is 1. The van der Waals surface area contributed by atoms with Crippen molar-refractivity contribution in [3.63, 3.8) is 0 Å². The molecule has 1 atom stereocenters. The molecule has 1 amide bonds. The number of anilines is 1. The minimum atomic E-state index is -0.958. The fourth-order valence-corrected chi connectivity index (χ4v) is 6.02. The SMILES string of the molecule is CCOC(=O)c1sc(N2C(=O)C(=O)C(=C(O)c3ccc(OCc4ccccc4)cc3C)[C@@H]2c2ccc(CC)cc2)nc1C. The number of ether oxygens (including phenoxy) is 2. The quantitative estimate of drug-likeness (QED) is 0.0991. The van der Waals surface area contributed by atoms with E-state index < -0.39 is 23.7 Å². The molecule has 1 saturated heterocycles. The van der Waals surface area contributed by atoms with Crippen LogP contribution in [0, 0.1) is 13.8 Å². The Bertz CT molecular complexity index is 1710. The van der Waals surface area contributed by atoms with Crippen LogP contribution in [-0.4, -0.2) is 34.4 Å². The van der Waals surface area contributed by atoms with Gasteiger partial charge in [-0.05, 0) is 67.6 Å². The van der Waals surface area contributed by atoms with Gasteiger partial charge in [-0.25, -0.2) is 9.78 Å². The van der Waals surface area contributed by atoms with Crippen LogP contribution in [0.3, 0.4) is 0 Å². The van der Waals surface area contributed by atoms with Gasteiger partial charge in [-0.1, -0.05) is 72.9 Å². The Kier molecular flexibility index (Phi) is 8.73. The Hall–Kier alpha value is -4.76. The van der Waals surface area contributed by atoms with E-state index in [1.54, 1.807) is 39.0 Å². The van der Waals surface area contributed by atoms with Crippen molar-refractivity contribution >= 4 is 39.9 Å². The number of rotatable bonds is 9. The summed E-state index contributed by atoms with van der Waals surface area (Å²) in [5, 5.41) is 11.8. The topological polar surface area (TPSA) is 106 Å². The van der Waals surface area contributed by atoms with Crippen LogP contribution in [-0.2, 0) is 27.4 Å². The number of thiazole rings is 1. The average molecular weight is 597 g/mol. The molecule has 0 unspecified atom stereocenters. The Balaban J connectivity index is 1.57. The predicted octanol–water partition coefficient (Wildman–Crippen LogP) is 6.70. The van der Waals surface area contributed by atoms with Crippen LogP contribution >= 0.6 is 11.3 Å². The van der Waals surface area contributed by atoms with Crippen LogP contribution in [0.4, 0.5) is 5.13 Å². The summed E-state index contributed by atoms with van der Waals surface area (Å²) in [5.41, 5.74) is 4.14. The zero-order chi connectivity index (χ0) is 30.7. The molecule has 1 aliphatic heterocycles. The van der Waals surface area contributed by atoms with Gasteiger partial charge in [-0.15, -0.1) is 0 Å². The third-order valence-electron chi connectivity index (χ3n) is 7.30. The lowest BCUT2D eigenvalue weighted by atomic mass is 9.93. The number of hydrogen-bond donors (Lipinski definition) is 1. The van der Waals surface area contributed by atoms with E-state index in [1.807, 2.05) is 61.5 Å². The first-order valence-electron chi connectivity index (χ1n) is 14.1. The number of carbonyl (C=O) groups is 3. The number of aliphatic hydroxyl groups excluding tert-OH is 1. The fraction of sp³-hybridized carbons (Fsp3) is 0.235. The van der Waals surface area contributed by atoms with E-state index in [0.29, 0.717) is 34.7 Å². The smallest absolute Gasteiger partial charge is 0.350 e. The van der Waals surface area contributed by atoms with Crippen LogP contribution in [0.2, 0.25) is 0 Å². The predicted molar refractivity (Wildman–Crippen MR) is 165 cm³/mol.